The van der Waals surface area contributed by atoms with Crippen LogP contribution in [-0.2, 0) is 28.6 Å². The molecule has 0 heterocycles. The van der Waals surface area contributed by atoms with Crippen LogP contribution in [0.15, 0.2) is 146 Å². The second-order valence-electron chi connectivity index (χ2n) is 14.5. The van der Waals surface area contributed by atoms with Crippen LogP contribution in [0.4, 0.5) is 0 Å². The third-order valence-electron chi connectivity index (χ3n) is 8.85. The van der Waals surface area contributed by atoms with Crippen LogP contribution in [0, 0.1) is 0 Å². The van der Waals surface area contributed by atoms with Gasteiger partial charge in [0.1, 0.15) is 13.2 Å². The molecule has 0 saturated heterocycles. The summed E-state index contributed by atoms with van der Waals surface area (Å²) in [7, 11) is 0. The van der Waals surface area contributed by atoms with Crippen molar-refractivity contribution in [1.82, 2.24) is 0 Å². The Labute approximate surface area is 372 Å². The average molecular weight is 839 g/mol. The predicted molar refractivity (Wildman–Crippen MR) is 260 cm³/mol. The fraction of sp³-hybridized carbons (Fsp3) is 0.509. The molecule has 0 aromatic rings. The molecule has 0 aliphatic carbocycles. The molecule has 1 atom stereocenters. The van der Waals surface area contributed by atoms with E-state index in [0.29, 0.717) is 19.3 Å². The molecule has 0 bridgehead atoms. The zero-order valence-electron chi connectivity index (χ0n) is 38.4. The van der Waals surface area contributed by atoms with E-state index < -0.39 is 12.1 Å². The molecule has 0 aromatic carbocycles. The minimum absolute atomic E-state index is 0.148. The lowest BCUT2D eigenvalue weighted by Crippen LogP contribution is -2.30. The van der Waals surface area contributed by atoms with Gasteiger partial charge in [0.15, 0.2) is 6.10 Å². The number of unbranched alkanes of at least 4 members (excludes halogenated alkanes) is 4. The first kappa shape index (κ1) is 56.3. The van der Waals surface area contributed by atoms with Gasteiger partial charge in [0.25, 0.3) is 0 Å². The van der Waals surface area contributed by atoms with E-state index in [-0.39, 0.29) is 38.0 Å². The highest BCUT2D eigenvalue weighted by Gasteiger charge is 2.19. The highest BCUT2D eigenvalue weighted by molar-refractivity contribution is 5.71. The quantitative estimate of drug-likeness (QED) is 0.0265. The van der Waals surface area contributed by atoms with Gasteiger partial charge in [0, 0.05) is 19.3 Å². The Hall–Kier alpha value is -4.71. The molecule has 0 rings (SSSR count). The van der Waals surface area contributed by atoms with E-state index in [1.165, 1.54) is 0 Å². The number of hydrogen-bond donors (Lipinski definition) is 0. The summed E-state index contributed by atoms with van der Waals surface area (Å²) in [4.78, 5) is 37.8. The molecule has 338 valence electrons. The van der Waals surface area contributed by atoms with Gasteiger partial charge in [-0.15, -0.1) is 0 Å². The van der Waals surface area contributed by atoms with E-state index in [9.17, 15) is 14.4 Å². The predicted octanol–water partition coefficient (Wildman–Crippen LogP) is 15.3. The van der Waals surface area contributed by atoms with Gasteiger partial charge in [-0.05, 0) is 109 Å². The van der Waals surface area contributed by atoms with Crippen molar-refractivity contribution in [1.29, 1.82) is 0 Å². The Morgan fingerprint density at radius 2 is 0.623 bits per heavy atom. The summed E-state index contributed by atoms with van der Waals surface area (Å²) >= 11 is 0. The Morgan fingerprint density at radius 1 is 0.328 bits per heavy atom. The van der Waals surface area contributed by atoms with Crippen LogP contribution in [0.25, 0.3) is 0 Å². The topological polar surface area (TPSA) is 78.9 Å². The zero-order chi connectivity index (χ0) is 44.4. The molecule has 6 nitrogen and oxygen atoms in total. The van der Waals surface area contributed by atoms with Crippen molar-refractivity contribution in [3.63, 3.8) is 0 Å². The third-order valence-corrected chi connectivity index (χ3v) is 8.85. The molecular weight excluding hydrogens is 757 g/mol. The molecule has 0 N–H and O–H groups in total. The van der Waals surface area contributed by atoms with Crippen molar-refractivity contribution in [3.05, 3.63) is 146 Å². The summed E-state index contributed by atoms with van der Waals surface area (Å²) < 4.78 is 16.6. The lowest BCUT2D eigenvalue weighted by atomic mass is 10.1. The smallest absolute Gasteiger partial charge is 0.306 e. The van der Waals surface area contributed by atoms with Gasteiger partial charge < -0.3 is 14.2 Å². The minimum atomic E-state index is -0.860. The van der Waals surface area contributed by atoms with E-state index in [1.54, 1.807) is 0 Å². The van der Waals surface area contributed by atoms with Gasteiger partial charge in [0.05, 0.1) is 0 Å². The van der Waals surface area contributed by atoms with E-state index in [0.717, 1.165) is 109 Å². The SMILES string of the molecule is CC/C=C\C/C=C\C/C=C\C/C=C\CCCCCCC(=O)OCC(COC(=O)CC/C=C\C/C=C\C/C=C\C/C=C\CC)OC(=O)CC/C=C\C/C=C\C/C=C\C/C=C\CC. The molecule has 1 unspecified atom stereocenters. The van der Waals surface area contributed by atoms with Crippen LogP contribution in [0.3, 0.4) is 0 Å². The van der Waals surface area contributed by atoms with Crippen molar-refractivity contribution >= 4 is 17.9 Å². The van der Waals surface area contributed by atoms with Gasteiger partial charge in [-0.3, -0.25) is 14.4 Å². The summed E-state index contributed by atoms with van der Waals surface area (Å²) in [5.41, 5.74) is 0. The van der Waals surface area contributed by atoms with Crippen LogP contribution in [0.2, 0.25) is 0 Å². The largest absolute Gasteiger partial charge is 0.462 e. The maximum absolute atomic E-state index is 12.7. The summed E-state index contributed by atoms with van der Waals surface area (Å²) in [6, 6.07) is 0. The number of hydrogen-bond acceptors (Lipinski definition) is 6. The monoisotopic (exact) mass is 839 g/mol. The van der Waals surface area contributed by atoms with Crippen LogP contribution in [0.1, 0.15) is 162 Å². The molecule has 0 aliphatic heterocycles. The number of esters is 3. The van der Waals surface area contributed by atoms with Crippen LogP contribution in [0.5, 0.6) is 0 Å². The van der Waals surface area contributed by atoms with Crippen molar-refractivity contribution < 1.29 is 28.6 Å². The fourth-order valence-electron chi connectivity index (χ4n) is 5.46. The zero-order valence-corrected chi connectivity index (χ0v) is 38.4. The number of carbonyl (C=O) groups excluding carboxylic acids is 3. The molecule has 0 aromatic heterocycles. The van der Waals surface area contributed by atoms with Crippen molar-refractivity contribution in [2.24, 2.45) is 0 Å². The fourth-order valence-corrected chi connectivity index (χ4v) is 5.46. The number of ether oxygens (including phenoxy) is 3. The first-order valence-corrected chi connectivity index (χ1v) is 23.3. The van der Waals surface area contributed by atoms with Gasteiger partial charge in [-0.1, -0.05) is 179 Å². The van der Waals surface area contributed by atoms with Gasteiger partial charge >= 0.3 is 17.9 Å². The third kappa shape index (κ3) is 46.2. The standard InChI is InChI=1S/C55H82O6/c1-4-7-10-13-16-19-22-25-26-27-28-31-33-36-39-42-45-48-54(57)60-51-52(61-55(58)49-46-43-40-37-34-30-24-21-18-15-12-9-6-3)50-59-53(56)47-44-41-38-35-32-29-23-20-17-14-11-8-5-2/h7-12,16-21,25-26,28-32,34,38,40-41,43,52H,4-6,13-15,22-24,27,33,35-37,39,42,44-51H2,1-3H3/b10-7-,11-8-,12-9-,19-16-,20-17-,21-18-,26-25-,31-28-,32-29-,34-30-,41-38-,43-40-. The highest BCUT2D eigenvalue weighted by atomic mass is 16.6. The Balaban J connectivity index is 4.64. The summed E-state index contributed by atoms with van der Waals surface area (Å²) in [6.45, 7) is 6.10. The first-order chi connectivity index (χ1) is 30.0. The second kappa shape index (κ2) is 48.0. The van der Waals surface area contributed by atoms with Gasteiger partial charge in [-0.2, -0.15) is 0 Å². The van der Waals surface area contributed by atoms with Crippen molar-refractivity contribution in [2.75, 3.05) is 13.2 Å². The molecular formula is C55H82O6. The molecule has 61 heavy (non-hydrogen) atoms. The molecule has 6 heteroatoms. The molecule has 0 spiro atoms. The molecule has 0 fully saturated rings. The summed E-state index contributed by atoms with van der Waals surface area (Å²) in [6.07, 6.45) is 68.6. The van der Waals surface area contributed by atoms with Crippen molar-refractivity contribution in [2.45, 2.75) is 168 Å². The number of rotatable bonds is 39. The lowest BCUT2D eigenvalue weighted by molar-refractivity contribution is -0.166. The van der Waals surface area contributed by atoms with E-state index in [2.05, 4.69) is 142 Å². The maximum atomic E-state index is 12.7. The first-order valence-electron chi connectivity index (χ1n) is 23.3. The Morgan fingerprint density at radius 3 is 1.00 bits per heavy atom. The van der Waals surface area contributed by atoms with Crippen LogP contribution in [-0.4, -0.2) is 37.2 Å². The van der Waals surface area contributed by atoms with Crippen molar-refractivity contribution in [3.8, 4) is 0 Å². The average Bonchev–Trinajstić information content (AvgIpc) is 3.26. The molecule has 0 aliphatic rings. The number of allylic oxidation sites excluding steroid dienone is 24. The molecule has 0 radical (unpaired) electrons. The van der Waals surface area contributed by atoms with Crippen LogP contribution < -0.4 is 0 Å². The normalized spacial score (nSPS) is 13.4. The summed E-state index contributed by atoms with van der Waals surface area (Å²) in [5.74, 6) is -1.15. The minimum Gasteiger partial charge on any atom is -0.462 e. The second-order valence-corrected chi connectivity index (χ2v) is 14.5. The maximum Gasteiger partial charge on any atom is 0.306 e. The summed E-state index contributed by atoms with van der Waals surface area (Å²) in [5, 5.41) is 0. The Kier molecular flexibility index (Phi) is 44.3. The molecule has 0 saturated carbocycles. The number of carbonyl (C=O) groups is 3. The lowest BCUT2D eigenvalue weighted by Gasteiger charge is -2.18. The molecule has 0 amide bonds. The van der Waals surface area contributed by atoms with Gasteiger partial charge in [-0.25, -0.2) is 0 Å². The highest BCUT2D eigenvalue weighted by Crippen LogP contribution is 2.09. The Bertz CT molecular complexity index is 1430. The van der Waals surface area contributed by atoms with Crippen LogP contribution >= 0.6 is 0 Å². The van der Waals surface area contributed by atoms with E-state index in [4.69, 9.17) is 14.2 Å². The van der Waals surface area contributed by atoms with E-state index >= 15 is 0 Å². The van der Waals surface area contributed by atoms with Gasteiger partial charge in [0.2, 0.25) is 0 Å². The van der Waals surface area contributed by atoms with E-state index in [1.807, 2.05) is 24.3 Å².